The fraction of sp³-hybridized carbons (Fsp3) is 0.643. The second-order valence-corrected chi connectivity index (χ2v) is 5.01. The van der Waals surface area contributed by atoms with Crippen molar-refractivity contribution in [3.8, 4) is 0 Å². The first kappa shape index (κ1) is 15.3. The minimum absolute atomic E-state index is 0.749. The number of anilines is 1. The van der Waals surface area contributed by atoms with Gasteiger partial charge in [0.25, 0.3) is 0 Å². The fourth-order valence-electron chi connectivity index (χ4n) is 1.84. The van der Waals surface area contributed by atoms with Gasteiger partial charge in [-0.05, 0) is 39.1 Å². The van der Waals surface area contributed by atoms with Crippen molar-refractivity contribution in [3.63, 3.8) is 0 Å². The van der Waals surface area contributed by atoms with E-state index < -0.39 is 0 Å². The van der Waals surface area contributed by atoms with E-state index in [9.17, 15) is 0 Å². The van der Waals surface area contributed by atoms with Gasteiger partial charge in [0.1, 0.15) is 5.82 Å². The highest BCUT2D eigenvalue weighted by Gasteiger charge is 2.07. The van der Waals surface area contributed by atoms with Crippen LogP contribution in [0.3, 0.4) is 0 Å². The summed E-state index contributed by atoms with van der Waals surface area (Å²) in [5, 5.41) is 3.96. The third-order valence-corrected chi connectivity index (χ3v) is 3.18. The molecule has 0 aromatic carbocycles. The van der Waals surface area contributed by atoms with Gasteiger partial charge in [-0.2, -0.15) is 0 Å². The Hall–Kier alpha value is -0.800. The summed E-state index contributed by atoms with van der Waals surface area (Å²) < 4.78 is 0. The fourth-order valence-corrected chi connectivity index (χ4v) is 2.01. The SMILES string of the molecule is CCCCCN(C)Cc1nc(NCC)ccc1Cl. The van der Waals surface area contributed by atoms with Crippen molar-refractivity contribution in [1.82, 2.24) is 9.88 Å². The number of hydrogen-bond acceptors (Lipinski definition) is 3. The van der Waals surface area contributed by atoms with Crippen LogP contribution in [-0.2, 0) is 6.54 Å². The lowest BCUT2D eigenvalue weighted by molar-refractivity contribution is 0.314. The van der Waals surface area contributed by atoms with Gasteiger partial charge in [-0.3, -0.25) is 0 Å². The first-order valence-electron chi connectivity index (χ1n) is 6.75. The van der Waals surface area contributed by atoms with E-state index in [1.54, 1.807) is 0 Å². The van der Waals surface area contributed by atoms with Crippen molar-refractivity contribution < 1.29 is 0 Å². The van der Waals surface area contributed by atoms with Crippen LogP contribution < -0.4 is 5.32 Å². The third kappa shape index (κ3) is 5.23. The van der Waals surface area contributed by atoms with E-state index in [1.165, 1.54) is 19.3 Å². The van der Waals surface area contributed by atoms with E-state index in [-0.39, 0.29) is 0 Å². The topological polar surface area (TPSA) is 28.2 Å². The van der Waals surface area contributed by atoms with E-state index in [0.717, 1.165) is 36.2 Å². The first-order valence-corrected chi connectivity index (χ1v) is 7.13. The van der Waals surface area contributed by atoms with Gasteiger partial charge in [-0.15, -0.1) is 0 Å². The van der Waals surface area contributed by atoms with Crippen molar-refractivity contribution in [3.05, 3.63) is 22.8 Å². The quantitative estimate of drug-likeness (QED) is 0.728. The predicted molar refractivity (Wildman–Crippen MR) is 79.3 cm³/mol. The summed E-state index contributed by atoms with van der Waals surface area (Å²) in [6.45, 7) is 7.06. The zero-order chi connectivity index (χ0) is 13.4. The molecule has 0 radical (unpaired) electrons. The third-order valence-electron chi connectivity index (χ3n) is 2.84. The van der Waals surface area contributed by atoms with Crippen LogP contribution >= 0.6 is 11.6 Å². The number of pyridine rings is 1. The van der Waals surface area contributed by atoms with Crippen molar-refractivity contribution in [2.45, 2.75) is 39.7 Å². The maximum atomic E-state index is 6.18. The molecule has 1 aromatic heterocycles. The number of nitrogens with one attached hydrogen (secondary N) is 1. The first-order chi connectivity index (χ1) is 8.67. The molecule has 0 unspecified atom stereocenters. The zero-order valence-corrected chi connectivity index (χ0v) is 12.4. The number of halogens is 1. The van der Waals surface area contributed by atoms with E-state index in [2.05, 4.69) is 36.1 Å². The van der Waals surface area contributed by atoms with Crippen LogP contribution in [0.2, 0.25) is 5.02 Å². The monoisotopic (exact) mass is 269 g/mol. The Morgan fingerprint density at radius 1 is 1.28 bits per heavy atom. The average molecular weight is 270 g/mol. The molecule has 3 nitrogen and oxygen atoms in total. The van der Waals surface area contributed by atoms with Crippen molar-refractivity contribution in [1.29, 1.82) is 0 Å². The molecule has 102 valence electrons. The molecule has 0 bridgehead atoms. The maximum absolute atomic E-state index is 6.18. The second kappa shape index (κ2) is 8.33. The molecular formula is C14H24ClN3. The summed E-state index contributed by atoms with van der Waals surface area (Å²) in [5.74, 6) is 0.902. The van der Waals surface area contributed by atoms with Crippen LogP contribution in [0.15, 0.2) is 12.1 Å². The lowest BCUT2D eigenvalue weighted by atomic mass is 10.2. The molecule has 0 aliphatic carbocycles. The van der Waals surface area contributed by atoms with Crippen LogP contribution in [0.4, 0.5) is 5.82 Å². The summed E-state index contributed by atoms with van der Waals surface area (Å²) in [6, 6.07) is 3.84. The number of rotatable bonds is 8. The van der Waals surface area contributed by atoms with Crippen molar-refractivity contribution in [2.75, 3.05) is 25.5 Å². The van der Waals surface area contributed by atoms with Crippen molar-refractivity contribution >= 4 is 17.4 Å². The molecule has 0 saturated carbocycles. The standard InChI is InChI=1S/C14H24ClN3/c1-4-6-7-10-18(3)11-13-12(15)8-9-14(17-13)16-5-2/h8-9H,4-7,10-11H2,1-3H3,(H,16,17). The minimum Gasteiger partial charge on any atom is -0.370 e. The van der Waals surface area contributed by atoms with Crippen LogP contribution in [0, 0.1) is 0 Å². The van der Waals surface area contributed by atoms with Crippen LogP contribution in [0.5, 0.6) is 0 Å². The molecule has 0 fully saturated rings. The Labute approximate surface area is 116 Å². The molecule has 1 N–H and O–H groups in total. The normalized spacial score (nSPS) is 10.9. The molecule has 0 aliphatic rings. The molecule has 1 aromatic rings. The summed E-state index contributed by atoms with van der Waals surface area (Å²) in [5.41, 5.74) is 0.953. The number of hydrogen-bond donors (Lipinski definition) is 1. The second-order valence-electron chi connectivity index (χ2n) is 4.60. The molecular weight excluding hydrogens is 246 g/mol. The Morgan fingerprint density at radius 3 is 2.72 bits per heavy atom. The van der Waals surface area contributed by atoms with E-state index in [4.69, 9.17) is 11.6 Å². The van der Waals surface area contributed by atoms with Gasteiger partial charge in [-0.1, -0.05) is 31.4 Å². The molecule has 0 saturated heterocycles. The summed E-state index contributed by atoms with van der Waals surface area (Å²) in [7, 11) is 2.12. The number of nitrogens with zero attached hydrogens (tertiary/aromatic N) is 2. The zero-order valence-electron chi connectivity index (χ0n) is 11.7. The number of unbranched alkanes of at least 4 members (excludes halogenated alkanes) is 2. The summed E-state index contributed by atoms with van der Waals surface area (Å²) in [4.78, 5) is 6.82. The van der Waals surface area contributed by atoms with Gasteiger partial charge in [0.05, 0.1) is 10.7 Å². The molecule has 1 heterocycles. The van der Waals surface area contributed by atoms with E-state index >= 15 is 0 Å². The average Bonchev–Trinajstić information content (AvgIpc) is 2.34. The summed E-state index contributed by atoms with van der Waals surface area (Å²) in [6.07, 6.45) is 3.77. The van der Waals surface area contributed by atoms with Gasteiger partial charge in [0.2, 0.25) is 0 Å². The molecule has 18 heavy (non-hydrogen) atoms. The highest BCUT2D eigenvalue weighted by atomic mass is 35.5. The lowest BCUT2D eigenvalue weighted by Crippen LogP contribution is -2.20. The molecule has 0 aliphatic heterocycles. The largest absolute Gasteiger partial charge is 0.370 e. The lowest BCUT2D eigenvalue weighted by Gasteiger charge is -2.17. The molecule has 0 spiro atoms. The van der Waals surface area contributed by atoms with Crippen molar-refractivity contribution in [2.24, 2.45) is 0 Å². The molecule has 4 heteroatoms. The van der Waals surface area contributed by atoms with Gasteiger partial charge >= 0.3 is 0 Å². The Bertz CT molecular complexity index is 355. The maximum Gasteiger partial charge on any atom is 0.126 e. The van der Waals surface area contributed by atoms with Gasteiger partial charge < -0.3 is 10.2 Å². The van der Waals surface area contributed by atoms with Gasteiger partial charge in [0, 0.05) is 13.1 Å². The highest BCUT2D eigenvalue weighted by Crippen LogP contribution is 2.18. The van der Waals surface area contributed by atoms with Crippen LogP contribution in [0.25, 0.3) is 0 Å². The van der Waals surface area contributed by atoms with Gasteiger partial charge in [0.15, 0.2) is 0 Å². The van der Waals surface area contributed by atoms with Crippen LogP contribution in [-0.4, -0.2) is 30.0 Å². The van der Waals surface area contributed by atoms with Gasteiger partial charge in [-0.25, -0.2) is 4.98 Å². The minimum atomic E-state index is 0.749. The predicted octanol–water partition coefficient (Wildman–Crippen LogP) is 3.79. The molecule has 1 rings (SSSR count). The van der Waals surface area contributed by atoms with E-state index in [1.807, 2.05) is 12.1 Å². The molecule has 0 amide bonds. The van der Waals surface area contributed by atoms with E-state index in [0.29, 0.717) is 0 Å². The van der Waals surface area contributed by atoms with Crippen LogP contribution in [0.1, 0.15) is 38.8 Å². The summed E-state index contributed by atoms with van der Waals surface area (Å²) >= 11 is 6.18. The Morgan fingerprint density at radius 2 is 2.06 bits per heavy atom. The molecule has 0 atom stereocenters. The number of aromatic nitrogens is 1. The smallest absolute Gasteiger partial charge is 0.126 e. The Kier molecular flexibility index (Phi) is 7.06. The Balaban J connectivity index is 2.56. The highest BCUT2D eigenvalue weighted by molar-refractivity contribution is 6.31.